The molecule has 2 aromatic rings. The van der Waals surface area contributed by atoms with Gasteiger partial charge in [0.25, 0.3) is 0 Å². The monoisotopic (exact) mass is 265 g/mol. The van der Waals surface area contributed by atoms with Crippen molar-refractivity contribution in [2.45, 2.75) is 13.0 Å². The topological polar surface area (TPSA) is 42.4 Å². The fraction of sp³-hybridized carbons (Fsp3) is 0.214. The molecule has 1 aromatic carbocycles. The smallest absolute Gasteiger partial charge is 0.165 e. The number of nitrogens with zero attached hydrogens (tertiary/aromatic N) is 1. The highest BCUT2D eigenvalue weighted by Gasteiger charge is 2.21. The number of hydrogen-bond acceptors (Lipinski definition) is 3. The molecule has 0 aliphatic carbocycles. The van der Waals surface area contributed by atoms with Crippen molar-refractivity contribution >= 4 is 0 Å². The second-order valence-electron chi connectivity index (χ2n) is 4.12. The molecule has 1 heterocycles. The molecule has 19 heavy (non-hydrogen) atoms. The van der Waals surface area contributed by atoms with Crippen molar-refractivity contribution in [2.75, 3.05) is 7.11 Å². The van der Waals surface area contributed by atoms with Gasteiger partial charge in [0, 0.05) is 17.3 Å². The molecule has 100 valence electrons. The molecule has 0 radical (unpaired) electrons. The molecule has 0 aliphatic heterocycles. The van der Waals surface area contributed by atoms with Crippen LogP contribution in [0.2, 0.25) is 0 Å². The second-order valence-corrected chi connectivity index (χ2v) is 4.12. The van der Waals surface area contributed by atoms with Crippen LogP contribution in [0.15, 0.2) is 30.6 Å². The van der Waals surface area contributed by atoms with E-state index in [0.29, 0.717) is 11.3 Å². The van der Waals surface area contributed by atoms with Gasteiger partial charge in [-0.1, -0.05) is 12.1 Å². The van der Waals surface area contributed by atoms with E-state index in [1.165, 1.54) is 44.6 Å². The summed E-state index contributed by atoms with van der Waals surface area (Å²) in [6.07, 6.45) is 1.54. The lowest BCUT2D eigenvalue weighted by atomic mass is 10.00. The summed E-state index contributed by atoms with van der Waals surface area (Å²) < 4.78 is 32.4. The van der Waals surface area contributed by atoms with Crippen LogP contribution >= 0.6 is 0 Å². The van der Waals surface area contributed by atoms with Gasteiger partial charge in [-0.25, -0.2) is 8.78 Å². The summed E-state index contributed by atoms with van der Waals surface area (Å²) in [5, 5.41) is 10.2. The van der Waals surface area contributed by atoms with Gasteiger partial charge < -0.3 is 9.84 Å². The highest BCUT2D eigenvalue weighted by atomic mass is 19.2. The van der Waals surface area contributed by atoms with Crippen molar-refractivity contribution in [1.29, 1.82) is 0 Å². The molecular weight excluding hydrogens is 252 g/mol. The Balaban J connectivity index is 2.50. The average molecular weight is 265 g/mol. The molecule has 0 fully saturated rings. The molecule has 3 nitrogen and oxygen atoms in total. The van der Waals surface area contributed by atoms with E-state index in [1.54, 1.807) is 0 Å². The van der Waals surface area contributed by atoms with Crippen molar-refractivity contribution in [1.82, 2.24) is 4.98 Å². The number of pyridine rings is 1. The number of ether oxygens (including phenoxy) is 1. The third kappa shape index (κ3) is 2.42. The fourth-order valence-corrected chi connectivity index (χ4v) is 1.83. The number of aryl methyl sites for hydroxylation is 1. The number of methoxy groups -OCH3 is 1. The maximum absolute atomic E-state index is 13.8. The molecule has 0 spiro atoms. The number of aliphatic hydroxyl groups is 1. The van der Waals surface area contributed by atoms with Crippen molar-refractivity contribution in [3.05, 3.63) is 58.9 Å². The van der Waals surface area contributed by atoms with Gasteiger partial charge in [-0.15, -0.1) is 0 Å². The van der Waals surface area contributed by atoms with E-state index in [4.69, 9.17) is 4.74 Å². The van der Waals surface area contributed by atoms with E-state index in [-0.39, 0.29) is 11.1 Å². The van der Waals surface area contributed by atoms with Crippen LogP contribution in [-0.2, 0) is 0 Å². The maximum atomic E-state index is 13.8. The molecule has 0 bridgehead atoms. The second kappa shape index (κ2) is 5.32. The van der Waals surface area contributed by atoms with Gasteiger partial charge in [0.2, 0.25) is 0 Å². The largest absolute Gasteiger partial charge is 0.495 e. The number of aliphatic hydroxyl groups excluding tert-OH is 1. The van der Waals surface area contributed by atoms with Crippen LogP contribution in [0.4, 0.5) is 8.78 Å². The summed E-state index contributed by atoms with van der Waals surface area (Å²) in [5.74, 6) is -1.69. The first kappa shape index (κ1) is 13.4. The van der Waals surface area contributed by atoms with Crippen molar-refractivity contribution < 1.29 is 18.6 Å². The van der Waals surface area contributed by atoms with Crippen molar-refractivity contribution in [3.8, 4) is 5.75 Å². The first-order valence-electron chi connectivity index (χ1n) is 5.66. The summed E-state index contributed by atoms with van der Waals surface area (Å²) in [6, 6.07) is 4.28. The highest BCUT2D eigenvalue weighted by Crippen LogP contribution is 2.31. The number of aromatic nitrogens is 1. The Labute approximate surface area is 109 Å². The highest BCUT2D eigenvalue weighted by molar-refractivity contribution is 5.39. The fourth-order valence-electron chi connectivity index (χ4n) is 1.83. The Morgan fingerprint density at radius 1 is 1.16 bits per heavy atom. The Kier molecular flexibility index (Phi) is 3.76. The van der Waals surface area contributed by atoms with Gasteiger partial charge in [0.05, 0.1) is 13.3 Å². The molecule has 1 aromatic heterocycles. The van der Waals surface area contributed by atoms with Crippen LogP contribution in [-0.4, -0.2) is 17.2 Å². The Morgan fingerprint density at radius 3 is 2.58 bits per heavy atom. The Bertz CT molecular complexity index is 602. The molecule has 1 unspecified atom stereocenters. The standard InChI is InChI=1S/C14H13F2NO2/c1-8-3-4-10(13(16)12(8)15)14(18)9-5-6-17-7-11(9)19-2/h3-7,14,18H,1-2H3. The minimum Gasteiger partial charge on any atom is -0.495 e. The maximum Gasteiger partial charge on any atom is 0.165 e. The third-order valence-corrected chi connectivity index (χ3v) is 2.93. The van der Waals surface area contributed by atoms with Gasteiger partial charge in [0.15, 0.2) is 11.6 Å². The van der Waals surface area contributed by atoms with Crippen LogP contribution in [0, 0.1) is 18.6 Å². The quantitative estimate of drug-likeness (QED) is 0.927. The van der Waals surface area contributed by atoms with Gasteiger partial charge >= 0.3 is 0 Å². The molecular formula is C14H13F2NO2. The van der Waals surface area contributed by atoms with Gasteiger partial charge in [-0.05, 0) is 18.6 Å². The SMILES string of the molecule is COc1cnccc1C(O)c1ccc(C)c(F)c1F. The summed E-state index contributed by atoms with van der Waals surface area (Å²) in [6.45, 7) is 1.46. The van der Waals surface area contributed by atoms with Crippen LogP contribution in [0.1, 0.15) is 22.8 Å². The summed E-state index contributed by atoms with van der Waals surface area (Å²) in [7, 11) is 1.42. The van der Waals surface area contributed by atoms with Crippen LogP contribution in [0.3, 0.4) is 0 Å². The van der Waals surface area contributed by atoms with E-state index >= 15 is 0 Å². The summed E-state index contributed by atoms with van der Waals surface area (Å²) in [4.78, 5) is 3.84. The predicted octanol–water partition coefficient (Wildman–Crippen LogP) is 2.76. The lowest BCUT2D eigenvalue weighted by molar-refractivity contribution is 0.208. The summed E-state index contributed by atoms with van der Waals surface area (Å²) >= 11 is 0. The lowest BCUT2D eigenvalue weighted by Crippen LogP contribution is -2.07. The Morgan fingerprint density at radius 2 is 1.89 bits per heavy atom. The number of hydrogen-bond donors (Lipinski definition) is 1. The molecule has 0 aliphatic rings. The Hall–Kier alpha value is -2.01. The first-order chi connectivity index (χ1) is 9.06. The average Bonchev–Trinajstić information content (AvgIpc) is 2.44. The zero-order valence-corrected chi connectivity index (χ0v) is 10.5. The zero-order chi connectivity index (χ0) is 14.0. The number of halogens is 2. The first-order valence-corrected chi connectivity index (χ1v) is 5.66. The van der Waals surface area contributed by atoms with Crippen molar-refractivity contribution in [3.63, 3.8) is 0 Å². The van der Waals surface area contributed by atoms with Gasteiger partial charge in [0.1, 0.15) is 11.9 Å². The molecule has 0 amide bonds. The van der Waals surface area contributed by atoms with E-state index < -0.39 is 17.7 Å². The van der Waals surface area contributed by atoms with Crippen LogP contribution in [0.5, 0.6) is 5.75 Å². The zero-order valence-electron chi connectivity index (χ0n) is 10.5. The predicted molar refractivity (Wildman–Crippen MR) is 65.9 cm³/mol. The molecule has 0 saturated heterocycles. The van der Waals surface area contributed by atoms with E-state index in [9.17, 15) is 13.9 Å². The lowest BCUT2D eigenvalue weighted by Gasteiger charge is -2.16. The van der Waals surface area contributed by atoms with Crippen LogP contribution in [0.25, 0.3) is 0 Å². The normalized spacial score (nSPS) is 12.3. The number of benzene rings is 1. The number of rotatable bonds is 3. The summed E-state index contributed by atoms with van der Waals surface area (Å²) in [5.41, 5.74) is 0.391. The molecule has 0 saturated carbocycles. The minimum atomic E-state index is -1.31. The molecule has 2 rings (SSSR count). The van der Waals surface area contributed by atoms with Crippen molar-refractivity contribution in [2.24, 2.45) is 0 Å². The third-order valence-electron chi connectivity index (χ3n) is 2.93. The van der Waals surface area contributed by atoms with E-state index in [1.807, 2.05) is 0 Å². The van der Waals surface area contributed by atoms with E-state index in [0.717, 1.165) is 0 Å². The molecule has 5 heteroatoms. The van der Waals surface area contributed by atoms with Gasteiger partial charge in [-0.2, -0.15) is 0 Å². The molecule has 1 atom stereocenters. The van der Waals surface area contributed by atoms with E-state index in [2.05, 4.69) is 4.98 Å². The van der Waals surface area contributed by atoms with Crippen LogP contribution < -0.4 is 4.74 Å². The minimum absolute atomic E-state index is 0.132. The molecule has 1 N–H and O–H groups in total. The van der Waals surface area contributed by atoms with Gasteiger partial charge in [-0.3, -0.25) is 4.98 Å².